The van der Waals surface area contributed by atoms with Gasteiger partial charge in [-0.2, -0.15) is 0 Å². The van der Waals surface area contributed by atoms with Gasteiger partial charge in [0.25, 0.3) is 0 Å². The van der Waals surface area contributed by atoms with Crippen LogP contribution >= 0.6 is 0 Å². The molecule has 1 unspecified atom stereocenters. The van der Waals surface area contributed by atoms with Gasteiger partial charge in [0, 0.05) is 19.0 Å². The highest BCUT2D eigenvalue weighted by Crippen LogP contribution is 2.39. The van der Waals surface area contributed by atoms with Gasteiger partial charge in [-0.3, -0.25) is 4.79 Å². The summed E-state index contributed by atoms with van der Waals surface area (Å²) in [5.41, 5.74) is 7.12. The number of benzene rings is 2. The third kappa shape index (κ3) is 1.68. The maximum atomic E-state index is 11.3. The molecule has 0 fully saturated rings. The van der Waals surface area contributed by atoms with Crippen molar-refractivity contribution in [2.45, 2.75) is 25.3 Å². The molecule has 2 aromatic carbocycles. The number of carbonyl (C=O) groups is 1. The highest BCUT2D eigenvalue weighted by atomic mass is 16.1. The molecule has 20 heavy (non-hydrogen) atoms. The standard InChI is InChI=1S/C18H17NO/c20-12-19-10-15-6-3-5-14-9-8-13-4-1-2-7-16(13)17(11-19)18(14)15/h1-7,12,17H,8-11H2. The van der Waals surface area contributed by atoms with E-state index in [1.165, 1.54) is 27.8 Å². The van der Waals surface area contributed by atoms with Crippen LogP contribution in [0, 0.1) is 0 Å². The van der Waals surface area contributed by atoms with E-state index in [-0.39, 0.29) is 0 Å². The van der Waals surface area contributed by atoms with Gasteiger partial charge >= 0.3 is 0 Å². The highest BCUT2D eigenvalue weighted by molar-refractivity contribution is 5.55. The zero-order valence-electron chi connectivity index (χ0n) is 11.4. The van der Waals surface area contributed by atoms with Crippen molar-refractivity contribution in [1.29, 1.82) is 0 Å². The SMILES string of the molecule is O=CN1Cc2cccc3c2C(C1)c1ccccc1CC3. The van der Waals surface area contributed by atoms with Crippen LogP contribution in [0.25, 0.3) is 0 Å². The normalized spacial score (nSPS) is 19.8. The summed E-state index contributed by atoms with van der Waals surface area (Å²) in [4.78, 5) is 13.2. The summed E-state index contributed by atoms with van der Waals surface area (Å²) in [5, 5.41) is 0. The van der Waals surface area contributed by atoms with Crippen molar-refractivity contribution in [1.82, 2.24) is 4.90 Å². The van der Waals surface area contributed by atoms with Crippen molar-refractivity contribution in [3.8, 4) is 0 Å². The molecule has 2 heteroatoms. The van der Waals surface area contributed by atoms with Crippen LogP contribution in [0.3, 0.4) is 0 Å². The quantitative estimate of drug-likeness (QED) is 0.724. The van der Waals surface area contributed by atoms with Gasteiger partial charge in [0.15, 0.2) is 0 Å². The third-order valence-corrected chi connectivity index (χ3v) is 4.67. The molecule has 1 heterocycles. The predicted molar refractivity (Wildman–Crippen MR) is 78.6 cm³/mol. The van der Waals surface area contributed by atoms with Crippen molar-refractivity contribution in [2.75, 3.05) is 6.54 Å². The molecular weight excluding hydrogens is 246 g/mol. The lowest BCUT2D eigenvalue weighted by molar-refractivity contribution is -0.119. The van der Waals surface area contributed by atoms with E-state index < -0.39 is 0 Å². The summed E-state index contributed by atoms with van der Waals surface area (Å²) in [5.74, 6) is 0.346. The third-order valence-electron chi connectivity index (χ3n) is 4.67. The Kier molecular flexibility index (Phi) is 2.62. The van der Waals surface area contributed by atoms with Crippen molar-refractivity contribution in [3.63, 3.8) is 0 Å². The lowest BCUT2D eigenvalue weighted by atomic mass is 9.82. The summed E-state index contributed by atoms with van der Waals surface area (Å²) in [7, 11) is 0. The average Bonchev–Trinajstić information content (AvgIpc) is 2.67. The minimum atomic E-state index is 0.346. The largest absolute Gasteiger partial charge is 0.340 e. The Hall–Kier alpha value is -2.09. The minimum Gasteiger partial charge on any atom is -0.340 e. The lowest BCUT2D eigenvalue weighted by Gasteiger charge is -2.34. The van der Waals surface area contributed by atoms with E-state index in [1.807, 2.05) is 4.90 Å². The predicted octanol–water partition coefficient (Wildman–Crippen LogP) is 2.89. The Morgan fingerprint density at radius 2 is 1.70 bits per heavy atom. The van der Waals surface area contributed by atoms with Crippen LogP contribution in [0.15, 0.2) is 42.5 Å². The van der Waals surface area contributed by atoms with E-state index >= 15 is 0 Å². The fourth-order valence-electron chi connectivity index (χ4n) is 3.78. The Bertz CT molecular complexity index is 677. The molecule has 100 valence electrons. The van der Waals surface area contributed by atoms with E-state index in [1.54, 1.807) is 0 Å². The molecule has 1 amide bonds. The van der Waals surface area contributed by atoms with Crippen LogP contribution in [0.5, 0.6) is 0 Å². The first-order valence-electron chi connectivity index (χ1n) is 7.24. The molecule has 0 saturated heterocycles. The number of hydrogen-bond acceptors (Lipinski definition) is 1. The van der Waals surface area contributed by atoms with E-state index in [0.717, 1.165) is 32.3 Å². The van der Waals surface area contributed by atoms with Gasteiger partial charge in [-0.05, 0) is 40.7 Å². The van der Waals surface area contributed by atoms with E-state index in [9.17, 15) is 4.79 Å². The van der Waals surface area contributed by atoms with Gasteiger partial charge < -0.3 is 4.90 Å². The minimum absolute atomic E-state index is 0.346. The molecular formula is C18H17NO. The Labute approximate surface area is 119 Å². The first-order valence-corrected chi connectivity index (χ1v) is 7.24. The number of nitrogens with zero attached hydrogens (tertiary/aromatic N) is 1. The molecule has 4 rings (SSSR count). The molecule has 0 bridgehead atoms. The first kappa shape index (κ1) is 11.7. The van der Waals surface area contributed by atoms with E-state index in [2.05, 4.69) is 42.5 Å². The highest BCUT2D eigenvalue weighted by Gasteiger charge is 2.30. The van der Waals surface area contributed by atoms with Gasteiger partial charge in [0.1, 0.15) is 0 Å². The summed E-state index contributed by atoms with van der Waals surface area (Å²) >= 11 is 0. The van der Waals surface area contributed by atoms with Gasteiger partial charge in [-0.15, -0.1) is 0 Å². The molecule has 0 aromatic heterocycles. The summed E-state index contributed by atoms with van der Waals surface area (Å²) in [6, 6.07) is 15.3. The van der Waals surface area contributed by atoms with Crippen LogP contribution in [0.4, 0.5) is 0 Å². The number of carbonyl (C=O) groups excluding carboxylic acids is 1. The lowest BCUT2D eigenvalue weighted by Crippen LogP contribution is -2.33. The molecule has 0 radical (unpaired) electrons. The second-order valence-electron chi connectivity index (χ2n) is 5.78. The molecule has 2 aliphatic rings. The van der Waals surface area contributed by atoms with Crippen molar-refractivity contribution in [2.24, 2.45) is 0 Å². The van der Waals surface area contributed by atoms with Crippen LogP contribution in [0.1, 0.15) is 33.7 Å². The first-order chi connectivity index (χ1) is 9.86. The maximum Gasteiger partial charge on any atom is 0.210 e. The molecule has 1 atom stereocenters. The summed E-state index contributed by atoms with van der Waals surface area (Å²) < 4.78 is 0. The molecule has 2 nitrogen and oxygen atoms in total. The summed E-state index contributed by atoms with van der Waals surface area (Å²) in [6.45, 7) is 1.57. The zero-order valence-corrected chi connectivity index (χ0v) is 11.4. The van der Waals surface area contributed by atoms with Crippen molar-refractivity contribution in [3.05, 3.63) is 70.3 Å². The Morgan fingerprint density at radius 3 is 2.60 bits per heavy atom. The van der Waals surface area contributed by atoms with Gasteiger partial charge in [-0.25, -0.2) is 0 Å². The molecule has 0 N–H and O–H groups in total. The topological polar surface area (TPSA) is 20.3 Å². The van der Waals surface area contributed by atoms with Gasteiger partial charge in [0.05, 0.1) is 0 Å². The Balaban J connectivity index is 1.95. The molecule has 1 aliphatic carbocycles. The smallest absolute Gasteiger partial charge is 0.210 e. The van der Waals surface area contributed by atoms with Crippen LogP contribution in [-0.2, 0) is 24.2 Å². The van der Waals surface area contributed by atoms with Crippen LogP contribution < -0.4 is 0 Å². The fraction of sp³-hybridized carbons (Fsp3) is 0.278. The van der Waals surface area contributed by atoms with Crippen molar-refractivity contribution < 1.29 is 4.79 Å². The average molecular weight is 263 g/mol. The van der Waals surface area contributed by atoms with Crippen LogP contribution in [-0.4, -0.2) is 17.9 Å². The van der Waals surface area contributed by atoms with E-state index in [4.69, 9.17) is 0 Å². The molecule has 0 saturated carbocycles. The van der Waals surface area contributed by atoms with Crippen molar-refractivity contribution >= 4 is 6.41 Å². The number of amides is 1. The summed E-state index contributed by atoms with van der Waals surface area (Å²) in [6.07, 6.45) is 3.20. The number of hydrogen-bond donors (Lipinski definition) is 0. The molecule has 0 spiro atoms. The van der Waals surface area contributed by atoms with Gasteiger partial charge in [0.2, 0.25) is 6.41 Å². The maximum absolute atomic E-state index is 11.3. The second-order valence-corrected chi connectivity index (χ2v) is 5.78. The van der Waals surface area contributed by atoms with Crippen LogP contribution in [0.2, 0.25) is 0 Å². The number of fused-ring (bicyclic) bond motifs is 2. The number of aryl methyl sites for hydroxylation is 2. The molecule has 2 aromatic rings. The monoisotopic (exact) mass is 263 g/mol. The number of rotatable bonds is 1. The molecule has 1 aliphatic heterocycles. The Morgan fingerprint density at radius 1 is 0.950 bits per heavy atom. The van der Waals surface area contributed by atoms with E-state index in [0.29, 0.717) is 5.92 Å². The fourth-order valence-corrected chi connectivity index (χ4v) is 3.78. The second kappa shape index (κ2) is 4.48. The zero-order chi connectivity index (χ0) is 13.5. The van der Waals surface area contributed by atoms with Gasteiger partial charge in [-0.1, -0.05) is 42.5 Å².